The van der Waals surface area contributed by atoms with Gasteiger partial charge in [-0.05, 0) is 19.1 Å². The molecule has 0 bridgehead atoms. The Bertz CT molecular complexity index is 302. The molecular weight excluding hydrogens is 176 g/mol. The molecule has 0 radical (unpaired) electrons. The first-order valence-electron chi connectivity index (χ1n) is 4.73. The maximum Gasteiger partial charge on any atom is 0.229 e. The third-order valence-corrected chi connectivity index (χ3v) is 2.13. The third kappa shape index (κ3) is 2.25. The Kier molecular flexibility index (Phi) is 3.51. The van der Waals surface area contributed by atoms with Crippen molar-refractivity contribution in [3.63, 3.8) is 0 Å². The van der Waals surface area contributed by atoms with Crippen molar-refractivity contribution in [3.05, 3.63) is 36.2 Å². The zero-order valence-corrected chi connectivity index (χ0v) is 8.63. The summed E-state index contributed by atoms with van der Waals surface area (Å²) in [5.41, 5.74) is 1.66. The van der Waals surface area contributed by atoms with Gasteiger partial charge in [-0.1, -0.05) is 19.6 Å². The predicted molar refractivity (Wildman–Crippen MR) is 57.3 cm³/mol. The molecule has 0 saturated carbocycles. The highest BCUT2D eigenvalue weighted by Gasteiger charge is 2.18. The zero-order valence-electron chi connectivity index (χ0n) is 8.63. The lowest BCUT2D eigenvalue weighted by Crippen LogP contribution is -2.29. The molecular formula is C11H16N2O. The molecule has 0 fully saturated rings. The van der Waals surface area contributed by atoms with Crippen LogP contribution in [0.3, 0.4) is 0 Å². The normalized spacial score (nSPS) is 23.0. The molecule has 1 unspecified atom stereocenters. The van der Waals surface area contributed by atoms with Crippen molar-refractivity contribution in [2.75, 3.05) is 6.54 Å². The number of hydrogen-bond donors (Lipinski definition) is 2. The standard InChI is InChI=1S/C11H16N2O/c1-4-6-10-9(5-2)12-7-8(3)11(14)13-10/h4-6,8,12H,2,7H2,1,3H3,(H,13,14)/b6-4-. The van der Waals surface area contributed by atoms with Crippen molar-refractivity contribution in [2.45, 2.75) is 13.8 Å². The fourth-order valence-electron chi connectivity index (χ4n) is 1.25. The van der Waals surface area contributed by atoms with E-state index in [2.05, 4.69) is 17.2 Å². The number of hydrogen-bond acceptors (Lipinski definition) is 2. The van der Waals surface area contributed by atoms with Gasteiger partial charge in [0.1, 0.15) is 0 Å². The molecule has 76 valence electrons. The predicted octanol–water partition coefficient (Wildman–Crippen LogP) is 1.32. The van der Waals surface area contributed by atoms with E-state index in [9.17, 15) is 4.79 Å². The monoisotopic (exact) mass is 192 g/mol. The lowest BCUT2D eigenvalue weighted by atomic mass is 10.2. The summed E-state index contributed by atoms with van der Waals surface area (Å²) in [4.78, 5) is 11.5. The molecule has 3 nitrogen and oxygen atoms in total. The average molecular weight is 192 g/mol. The van der Waals surface area contributed by atoms with Crippen LogP contribution in [0.4, 0.5) is 0 Å². The number of allylic oxidation sites excluding steroid dienone is 3. The van der Waals surface area contributed by atoms with Gasteiger partial charge in [-0.15, -0.1) is 0 Å². The summed E-state index contributed by atoms with van der Waals surface area (Å²) < 4.78 is 0. The van der Waals surface area contributed by atoms with Gasteiger partial charge in [-0.3, -0.25) is 4.79 Å². The van der Waals surface area contributed by atoms with Crippen LogP contribution in [0.25, 0.3) is 0 Å². The van der Waals surface area contributed by atoms with E-state index in [1.165, 1.54) is 0 Å². The van der Waals surface area contributed by atoms with E-state index in [1.54, 1.807) is 6.08 Å². The quantitative estimate of drug-likeness (QED) is 0.692. The molecule has 1 amide bonds. The van der Waals surface area contributed by atoms with E-state index in [-0.39, 0.29) is 11.8 Å². The molecule has 0 aliphatic carbocycles. The summed E-state index contributed by atoms with van der Waals surface area (Å²) in [6.07, 6.45) is 5.46. The summed E-state index contributed by atoms with van der Waals surface area (Å²) in [5, 5.41) is 6.02. The van der Waals surface area contributed by atoms with Gasteiger partial charge in [-0.25, -0.2) is 0 Å². The van der Waals surface area contributed by atoms with E-state index in [0.717, 1.165) is 11.4 Å². The van der Waals surface area contributed by atoms with E-state index < -0.39 is 0 Å². The van der Waals surface area contributed by atoms with Crippen LogP contribution in [0.2, 0.25) is 0 Å². The Morgan fingerprint density at radius 1 is 1.50 bits per heavy atom. The van der Waals surface area contributed by atoms with Gasteiger partial charge in [0.25, 0.3) is 0 Å². The number of nitrogens with one attached hydrogen (secondary N) is 2. The highest BCUT2D eigenvalue weighted by atomic mass is 16.1. The van der Waals surface area contributed by atoms with Crippen LogP contribution in [0.1, 0.15) is 13.8 Å². The molecule has 1 rings (SSSR count). The van der Waals surface area contributed by atoms with Crippen LogP contribution in [0.5, 0.6) is 0 Å². The van der Waals surface area contributed by atoms with Crippen LogP contribution in [0, 0.1) is 5.92 Å². The molecule has 0 spiro atoms. The first kappa shape index (κ1) is 10.6. The van der Waals surface area contributed by atoms with E-state index in [1.807, 2.05) is 26.0 Å². The van der Waals surface area contributed by atoms with Gasteiger partial charge in [0.2, 0.25) is 5.91 Å². The van der Waals surface area contributed by atoms with Crippen molar-refractivity contribution < 1.29 is 4.79 Å². The second-order valence-electron chi connectivity index (χ2n) is 3.30. The zero-order chi connectivity index (χ0) is 10.6. The van der Waals surface area contributed by atoms with Gasteiger partial charge in [0, 0.05) is 6.54 Å². The molecule has 14 heavy (non-hydrogen) atoms. The minimum absolute atomic E-state index is 0.0206. The van der Waals surface area contributed by atoms with E-state index >= 15 is 0 Å². The molecule has 1 heterocycles. The maximum atomic E-state index is 11.5. The first-order chi connectivity index (χ1) is 6.69. The Morgan fingerprint density at radius 2 is 2.21 bits per heavy atom. The highest BCUT2D eigenvalue weighted by molar-refractivity contribution is 5.81. The van der Waals surface area contributed by atoms with Crippen molar-refractivity contribution in [1.29, 1.82) is 0 Å². The number of carbonyl (C=O) groups is 1. The van der Waals surface area contributed by atoms with Crippen molar-refractivity contribution in [1.82, 2.24) is 10.6 Å². The molecule has 0 saturated heterocycles. The Labute approximate surface area is 84.6 Å². The molecule has 0 aromatic rings. The Morgan fingerprint density at radius 3 is 2.79 bits per heavy atom. The largest absolute Gasteiger partial charge is 0.383 e. The number of carbonyl (C=O) groups excluding carboxylic acids is 1. The minimum atomic E-state index is -0.0206. The van der Waals surface area contributed by atoms with E-state index in [0.29, 0.717) is 6.54 Å². The number of amides is 1. The van der Waals surface area contributed by atoms with Gasteiger partial charge < -0.3 is 10.6 Å². The van der Waals surface area contributed by atoms with Crippen molar-refractivity contribution >= 4 is 5.91 Å². The maximum absolute atomic E-state index is 11.5. The highest BCUT2D eigenvalue weighted by Crippen LogP contribution is 2.08. The summed E-state index contributed by atoms with van der Waals surface area (Å²) >= 11 is 0. The SMILES string of the molecule is C=CC1=C(/C=C\C)NC(=O)C(C)CN1. The van der Waals surface area contributed by atoms with Gasteiger partial charge >= 0.3 is 0 Å². The topological polar surface area (TPSA) is 41.1 Å². The molecule has 1 aliphatic rings. The lowest BCUT2D eigenvalue weighted by molar-refractivity contribution is -0.123. The smallest absolute Gasteiger partial charge is 0.229 e. The molecule has 1 atom stereocenters. The van der Waals surface area contributed by atoms with Crippen LogP contribution >= 0.6 is 0 Å². The molecule has 2 N–H and O–H groups in total. The molecule has 0 aromatic carbocycles. The van der Waals surface area contributed by atoms with Gasteiger partial charge in [0.05, 0.1) is 17.3 Å². The van der Waals surface area contributed by atoms with Crippen LogP contribution in [-0.4, -0.2) is 12.5 Å². The lowest BCUT2D eigenvalue weighted by Gasteiger charge is -2.05. The fourth-order valence-corrected chi connectivity index (χ4v) is 1.25. The summed E-state index contributed by atoms with van der Waals surface area (Å²) in [6, 6.07) is 0. The first-order valence-corrected chi connectivity index (χ1v) is 4.73. The van der Waals surface area contributed by atoms with Crippen molar-refractivity contribution in [2.24, 2.45) is 5.92 Å². The van der Waals surface area contributed by atoms with Crippen LogP contribution < -0.4 is 10.6 Å². The molecule has 1 aliphatic heterocycles. The van der Waals surface area contributed by atoms with Gasteiger partial charge in [-0.2, -0.15) is 0 Å². The van der Waals surface area contributed by atoms with Crippen LogP contribution in [-0.2, 0) is 4.79 Å². The Balaban J connectivity index is 2.96. The average Bonchev–Trinajstić information content (AvgIpc) is 2.29. The van der Waals surface area contributed by atoms with Gasteiger partial charge in [0.15, 0.2) is 0 Å². The summed E-state index contributed by atoms with van der Waals surface area (Å²) in [5.74, 6) is 0.0233. The third-order valence-electron chi connectivity index (χ3n) is 2.13. The van der Waals surface area contributed by atoms with E-state index in [4.69, 9.17) is 0 Å². The minimum Gasteiger partial charge on any atom is -0.383 e. The Hall–Kier alpha value is -1.51. The molecule has 3 heteroatoms. The second-order valence-corrected chi connectivity index (χ2v) is 3.30. The van der Waals surface area contributed by atoms with Crippen molar-refractivity contribution in [3.8, 4) is 0 Å². The summed E-state index contributed by atoms with van der Waals surface area (Å²) in [6.45, 7) is 8.15. The fraction of sp³-hybridized carbons (Fsp3) is 0.364. The second kappa shape index (κ2) is 4.65. The number of rotatable bonds is 2. The van der Waals surface area contributed by atoms with Crippen LogP contribution in [0.15, 0.2) is 36.2 Å². The molecule has 0 aromatic heterocycles. The summed E-state index contributed by atoms with van der Waals surface area (Å²) in [7, 11) is 0.